The minimum absolute atomic E-state index is 0.00551. The molecule has 22 heavy (non-hydrogen) atoms. The van der Waals surface area contributed by atoms with E-state index in [4.69, 9.17) is 4.74 Å². The average Bonchev–Trinajstić information content (AvgIpc) is 2.55. The molecule has 116 valence electrons. The molecular formula is C17H21N3O2. The lowest BCUT2D eigenvalue weighted by Gasteiger charge is -2.43. The van der Waals surface area contributed by atoms with Gasteiger partial charge in [-0.1, -0.05) is 18.9 Å². The fourth-order valence-electron chi connectivity index (χ4n) is 3.76. The number of hydrogen-bond acceptors (Lipinski definition) is 4. The molecule has 4 rings (SSSR count). The molecule has 0 aromatic carbocycles. The topological polar surface area (TPSA) is 46.8 Å². The Balaban J connectivity index is 1.61. The molecule has 0 N–H and O–H groups in total. The summed E-state index contributed by atoms with van der Waals surface area (Å²) < 4.78 is 7.51. The van der Waals surface area contributed by atoms with Gasteiger partial charge < -0.3 is 4.74 Å². The standard InChI is InChI=1S/C17H21N3O2/c21-17-11-13(18-16-7-3-4-8-20(16)17)12-19-9-10-22-15-6-2-1-5-14(15)19/h3-4,7-8,11,14-15H,1-2,5-6,9-10,12H2. The fraction of sp³-hybridized carbons (Fsp3) is 0.529. The summed E-state index contributed by atoms with van der Waals surface area (Å²) in [6.07, 6.45) is 7.02. The van der Waals surface area contributed by atoms with E-state index in [-0.39, 0.29) is 5.56 Å². The van der Waals surface area contributed by atoms with E-state index in [0.29, 0.717) is 12.1 Å². The molecule has 5 nitrogen and oxygen atoms in total. The van der Waals surface area contributed by atoms with Gasteiger partial charge in [0, 0.05) is 31.4 Å². The van der Waals surface area contributed by atoms with Crippen LogP contribution in [0.1, 0.15) is 31.4 Å². The Labute approximate surface area is 129 Å². The van der Waals surface area contributed by atoms with Crippen molar-refractivity contribution in [1.29, 1.82) is 0 Å². The zero-order valence-corrected chi connectivity index (χ0v) is 12.6. The quantitative estimate of drug-likeness (QED) is 0.849. The van der Waals surface area contributed by atoms with Crippen molar-refractivity contribution >= 4 is 5.65 Å². The summed E-state index contributed by atoms with van der Waals surface area (Å²) in [6.45, 7) is 2.45. The normalized spacial score (nSPS) is 26.0. The second kappa shape index (κ2) is 5.82. The zero-order valence-electron chi connectivity index (χ0n) is 12.6. The van der Waals surface area contributed by atoms with Crippen molar-refractivity contribution in [2.75, 3.05) is 13.2 Å². The van der Waals surface area contributed by atoms with Gasteiger partial charge in [-0.3, -0.25) is 14.1 Å². The number of hydrogen-bond donors (Lipinski definition) is 0. The average molecular weight is 299 g/mol. The highest BCUT2D eigenvalue weighted by molar-refractivity contribution is 5.38. The number of nitrogens with zero attached hydrogens (tertiary/aromatic N) is 3. The van der Waals surface area contributed by atoms with Crippen LogP contribution in [0.5, 0.6) is 0 Å². The van der Waals surface area contributed by atoms with E-state index in [2.05, 4.69) is 9.88 Å². The van der Waals surface area contributed by atoms with Crippen LogP contribution in [0.25, 0.3) is 5.65 Å². The van der Waals surface area contributed by atoms with Gasteiger partial charge in [0.15, 0.2) is 0 Å². The minimum Gasteiger partial charge on any atom is -0.375 e. The van der Waals surface area contributed by atoms with Gasteiger partial charge in [-0.15, -0.1) is 0 Å². The van der Waals surface area contributed by atoms with Crippen LogP contribution in [0.15, 0.2) is 35.3 Å². The molecule has 2 unspecified atom stereocenters. The van der Waals surface area contributed by atoms with Crippen molar-refractivity contribution in [3.8, 4) is 0 Å². The first-order valence-corrected chi connectivity index (χ1v) is 8.14. The van der Waals surface area contributed by atoms with E-state index < -0.39 is 0 Å². The third-order valence-electron chi connectivity index (χ3n) is 4.84. The highest BCUT2D eigenvalue weighted by atomic mass is 16.5. The summed E-state index contributed by atoms with van der Waals surface area (Å²) in [4.78, 5) is 19.3. The monoisotopic (exact) mass is 299 g/mol. The van der Waals surface area contributed by atoms with Crippen molar-refractivity contribution in [1.82, 2.24) is 14.3 Å². The molecular weight excluding hydrogens is 278 g/mol. The van der Waals surface area contributed by atoms with Gasteiger partial charge in [0.1, 0.15) is 5.65 Å². The first-order chi connectivity index (χ1) is 10.8. The van der Waals surface area contributed by atoms with Crippen LogP contribution in [0, 0.1) is 0 Å². The van der Waals surface area contributed by atoms with Gasteiger partial charge in [-0.25, -0.2) is 4.98 Å². The van der Waals surface area contributed by atoms with Crippen LogP contribution in [0.3, 0.4) is 0 Å². The molecule has 3 heterocycles. The lowest BCUT2D eigenvalue weighted by molar-refractivity contribution is -0.0914. The molecule has 1 aliphatic heterocycles. The van der Waals surface area contributed by atoms with Gasteiger partial charge >= 0.3 is 0 Å². The van der Waals surface area contributed by atoms with Crippen LogP contribution in [-0.4, -0.2) is 39.6 Å². The summed E-state index contributed by atoms with van der Waals surface area (Å²) in [7, 11) is 0. The number of pyridine rings is 1. The fourth-order valence-corrected chi connectivity index (χ4v) is 3.76. The van der Waals surface area contributed by atoms with Gasteiger partial charge in [-0.05, 0) is 25.0 Å². The molecule has 1 saturated carbocycles. The van der Waals surface area contributed by atoms with E-state index in [1.807, 2.05) is 18.2 Å². The largest absolute Gasteiger partial charge is 0.375 e. The molecule has 2 aromatic heterocycles. The molecule has 0 bridgehead atoms. The number of aromatic nitrogens is 2. The third kappa shape index (κ3) is 2.55. The highest BCUT2D eigenvalue weighted by Crippen LogP contribution is 2.29. The van der Waals surface area contributed by atoms with Crippen molar-refractivity contribution < 1.29 is 4.74 Å². The molecule has 2 fully saturated rings. The Morgan fingerprint density at radius 3 is 3.14 bits per heavy atom. The summed E-state index contributed by atoms with van der Waals surface area (Å²) in [5.41, 5.74) is 1.58. The summed E-state index contributed by atoms with van der Waals surface area (Å²) in [6, 6.07) is 7.80. The number of rotatable bonds is 2. The summed E-state index contributed by atoms with van der Waals surface area (Å²) in [5.74, 6) is 0. The number of morpholine rings is 1. The molecule has 1 saturated heterocycles. The molecule has 5 heteroatoms. The molecule has 2 aromatic rings. The molecule has 1 aliphatic carbocycles. The first kappa shape index (κ1) is 13.9. The Morgan fingerprint density at radius 1 is 1.27 bits per heavy atom. The summed E-state index contributed by atoms with van der Waals surface area (Å²) in [5, 5.41) is 0. The maximum absolute atomic E-state index is 12.2. The van der Waals surface area contributed by atoms with Crippen LogP contribution in [0.4, 0.5) is 0 Å². The predicted molar refractivity (Wildman–Crippen MR) is 83.9 cm³/mol. The second-order valence-electron chi connectivity index (χ2n) is 6.25. The molecule has 0 amide bonds. The Kier molecular flexibility index (Phi) is 3.68. The van der Waals surface area contributed by atoms with Crippen molar-refractivity contribution in [3.63, 3.8) is 0 Å². The maximum atomic E-state index is 12.2. The van der Waals surface area contributed by atoms with E-state index >= 15 is 0 Å². The highest BCUT2D eigenvalue weighted by Gasteiger charge is 2.34. The van der Waals surface area contributed by atoms with E-state index in [0.717, 1.165) is 37.5 Å². The van der Waals surface area contributed by atoms with Crippen LogP contribution in [-0.2, 0) is 11.3 Å². The lowest BCUT2D eigenvalue weighted by atomic mass is 9.90. The third-order valence-corrected chi connectivity index (χ3v) is 4.84. The van der Waals surface area contributed by atoms with E-state index in [1.165, 1.54) is 19.3 Å². The number of fused-ring (bicyclic) bond motifs is 2. The molecule has 0 radical (unpaired) electrons. The predicted octanol–water partition coefficient (Wildman–Crippen LogP) is 1.84. The second-order valence-corrected chi connectivity index (χ2v) is 6.25. The first-order valence-electron chi connectivity index (χ1n) is 8.14. The van der Waals surface area contributed by atoms with E-state index in [9.17, 15) is 4.79 Å². The summed E-state index contributed by atoms with van der Waals surface area (Å²) >= 11 is 0. The maximum Gasteiger partial charge on any atom is 0.258 e. The van der Waals surface area contributed by atoms with Crippen molar-refractivity contribution in [2.45, 2.75) is 44.4 Å². The number of ether oxygens (including phenoxy) is 1. The zero-order chi connectivity index (χ0) is 14.9. The van der Waals surface area contributed by atoms with Crippen LogP contribution < -0.4 is 5.56 Å². The Hall–Kier alpha value is -1.72. The van der Waals surface area contributed by atoms with Gasteiger partial charge in [0.05, 0.1) is 18.4 Å². The van der Waals surface area contributed by atoms with Gasteiger partial charge in [0.2, 0.25) is 0 Å². The van der Waals surface area contributed by atoms with E-state index in [1.54, 1.807) is 16.7 Å². The van der Waals surface area contributed by atoms with Crippen molar-refractivity contribution in [2.24, 2.45) is 0 Å². The Morgan fingerprint density at radius 2 is 2.18 bits per heavy atom. The SMILES string of the molecule is O=c1cc(CN2CCOC3CCCCC32)nc2ccccn12. The molecule has 2 atom stereocenters. The van der Waals surface area contributed by atoms with Crippen LogP contribution >= 0.6 is 0 Å². The lowest BCUT2D eigenvalue weighted by Crippen LogP contribution is -2.52. The smallest absolute Gasteiger partial charge is 0.258 e. The molecule has 0 spiro atoms. The van der Waals surface area contributed by atoms with Gasteiger partial charge in [0.25, 0.3) is 5.56 Å². The van der Waals surface area contributed by atoms with Gasteiger partial charge in [-0.2, -0.15) is 0 Å². The minimum atomic E-state index is -0.00551. The van der Waals surface area contributed by atoms with Crippen molar-refractivity contribution in [3.05, 3.63) is 46.5 Å². The Bertz CT molecular complexity index is 725. The van der Waals surface area contributed by atoms with Crippen LogP contribution in [0.2, 0.25) is 0 Å². The molecule has 2 aliphatic rings.